The average molecular weight is 447 g/mol. The van der Waals surface area contributed by atoms with E-state index in [1.54, 1.807) is 24.3 Å². The van der Waals surface area contributed by atoms with E-state index < -0.39 is 0 Å². The lowest BCUT2D eigenvalue weighted by Gasteiger charge is -2.07. The van der Waals surface area contributed by atoms with Gasteiger partial charge in [-0.05, 0) is 58.7 Å². The summed E-state index contributed by atoms with van der Waals surface area (Å²) in [5, 5.41) is 0. The van der Waals surface area contributed by atoms with Crippen LogP contribution in [0, 0.1) is 0 Å². The third kappa shape index (κ3) is 7.35. The number of hydrogen-bond donors (Lipinski definition) is 0. The fourth-order valence-corrected chi connectivity index (χ4v) is 3.31. The maximum atomic E-state index is 12.3. The minimum atomic E-state index is -0.0915. The number of benzene rings is 4. The van der Waals surface area contributed by atoms with Crippen molar-refractivity contribution >= 4 is 17.9 Å². The molecule has 0 aromatic heterocycles. The smallest absolute Gasteiger partial charge is 0.178 e. The van der Waals surface area contributed by atoms with Crippen molar-refractivity contribution in [1.82, 2.24) is 0 Å². The molecule has 0 fully saturated rings. The number of ether oxygens (including phenoxy) is 2. The molecule has 0 spiro atoms. The van der Waals surface area contributed by atoms with Crippen LogP contribution in [-0.2, 0) is 18.0 Å². The van der Waals surface area contributed by atoms with E-state index in [1.807, 2.05) is 109 Å². The number of carbonyl (C=O) groups is 1. The summed E-state index contributed by atoms with van der Waals surface area (Å²) in [5.74, 6) is 1.44. The van der Waals surface area contributed by atoms with Gasteiger partial charge < -0.3 is 9.47 Å². The van der Waals surface area contributed by atoms with Crippen LogP contribution in [0.4, 0.5) is 0 Å². The summed E-state index contributed by atoms with van der Waals surface area (Å²) in [5.41, 5.74) is 4.03. The zero-order valence-corrected chi connectivity index (χ0v) is 18.8. The minimum absolute atomic E-state index is 0.0915. The second-order valence-corrected chi connectivity index (χ2v) is 7.76. The number of ketones is 1. The van der Waals surface area contributed by atoms with Gasteiger partial charge in [0.2, 0.25) is 0 Å². The molecule has 3 nitrogen and oxygen atoms in total. The zero-order valence-electron chi connectivity index (χ0n) is 18.8. The molecule has 0 N–H and O–H groups in total. The van der Waals surface area contributed by atoms with Gasteiger partial charge in [0.1, 0.15) is 24.7 Å². The van der Waals surface area contributed by atoms with Gasteiger partial charge in [-0.15, -0.1) is 0 Å². The molecule has 34 heavy (non-hydrogen) atoms. The summed E-state index contributed by atoms with van der Waals surface area (Å²) < 4.78 is 11.7. The van der Waals surface area contributed by atoms with E-state index in [9.17, 15) is 4.79 Å². The van der Waals surface area contributed by atoms with E-state index in [0.717, 1.165) is 33.8 Å². The SMILES string of the molecule is O=C(/C=C/c1cccc(OCc2ccccc2)c1)/C=C/c1cccc(OCc2ccccc2)c1. The van der Waals surface area contributed by atoms with Gasteiger partial charge >= 0.3 is 0 Å². The van der Waals surface area contributed by atoms with Crippen molar-refractivity contribution in [3.8, 4) is 11.5 Å². The maximum absolute atomic E-state index is 12.3. The quantitative estimate of drug-likeness (QED) is 0.243. The van der Waals surface area contributed by atoms with Crippen LogP contribution in [-0.4, -0.2) is 5.78 Å². The Morgan fingerprint density at radius 1 is 0.559 bits per heavy atom. The van der Waals surface area contributed by atoms with E-state index >= 15 is 0 Å². The minimum Gasteiger partial charge on any atom is -0.489 e. The van der Waals surface area contributed by atoms with Crippen LogP contribution < -0.4 is 9.47 Å². The number of carbonyl (C=O) groups excluding carboxylic acids is 1. The van der Waals surface area contributed by atoms with Gasteiger partial charge in [0, 0.05) is 0 Å². The lowest BCUT2D eigenvalue weighted by atomic mass is 10.1. The summed E-state index contributed by atoms with van der Waals surface area (Å²) >= 11 is 0. The Morgan fingerprint density at radius 2 is 1.00 bits per heavy atom. The zero-order chi connectivity index (χ0) is 23.4. The molecule has 0 saturated heterocycles. The van der Waals surface area contributed by atoms with Crippen molar-refractivity contribution in [3.63, 3.8) is 0 Å². The van der Waals surface area contributed by atoms with Gasteiger partial charge in [0.15, 0.2) is 5.78 Å². The highest BCUT2D eigenvalue weighted by Gasteiger charge is 1.99. The molecule has 168 valence electrons. The molecule has 0 aliphatic heterocycles. The molecule has 4 aromatic carbocycles. The topological polar surface area (TPSA) is 35.5 Å². The monoisotopic (exact) mass is 446 g/mol. The van der Waals surface area contributed by atoms with Crippen LogP contribution in [0.15, 0.2) is 121 Å². The molecule has 0 aliphatic carbocycles. The van der Waals surface area contributed by atoms with Crippen molar-refractivity contribution in [3.05, 3.63) is 144 Å². The first kappa shape index (κ1) is 22.8. The highest BCUT2D eigenvalue weighted by molar-refractivity contribution is 6.04. The van der Waals surface area contributed by atoms with Crippen LogP contribution in [0.3, 0.4) is 0 Å². The van der Waals surface area contributed by atoms with Crippen molar-refractivity contribution in [2.24, 2.45) is 0 Å². The summed E-state index contributed by atoms with van der Waals surface area (Å²) in [6, 6.07) is 35.4. The van der Waals surface area contributed by atoms with Crippen LogP contribution in [0.2, 0.25) is 0 Å². The molecule has 4 rings (SSSR count). The molecule has 0 amide bonds. The van der Waals surface area contributed by atoms with E-state index in [-0.39, 0.29) is 5.78 Å². The highest BCUT2D eigenvalue weighted by atomic mass is 16.5. The highest BCUT2D eigenvalue weighted by Crippen LogP contribution is 2.18. The normalized spacial score (nSPS) is 11.1. The summed E-state index contributed by atoms with van der Waals surface area (Å²) in [4.78, 5) is 12.3. The molecule has 4 aromatic rings. The van der Waals surface area contributed by atoms with Gasteiger partial charge in [-0.2, -0.15) is 0 Å². The van der Waals surface area contributed by atoms with Crippen molar-refractivity contribution < 1.29 is 14.3 Å². The van der Waals surface area contributed by atoms with Crippen LogP contribution in [0.1, 0.15) is 22.3 Å². The summed E-state index contributed by atoms with van der Waals surface area (Å²) in [7, 11) is 0. The third-order valence-corrected chi connectivity index (χ3v) is 5.09. The first-order chi connectivity index (χ1) is 16.7. The Bertz CT molecular complexity index is 1160. The number of allylic oxidation sites excluding steroid dienone is 2. The van der Waals surface area contributed by atoms with Crippen LogP contribution in [0.5, 0.6) is 11.5 Å². The second-order valence-electron chi connectivity index (χ2n) is 7.76. The Balaban J connectivity index is 1.31. The van der Waals surface area contributed by atoms with Gasteiger partial charge in [0.05, 0.1) is 0 Å². The third-order valence-electron chi connectivity index (χ3n) is 5.09. The largest absolute Gasteiger partial charge is 0.489 e. The first-order valence-electron chi connectivity index (χ1n) is 11.2. The van der Waals surface area contributed by atoms with Crippen LogP contribution >= 0.6 is 0 Å². The lowest BCUT2D eigenvalue weighted by Crippen LogP contribution is -1.95. The molecule has 0 unspecified atom stereocenters. The summed E-state index contributed by atoms with van der Waals surface area (Å²) in [6.07, 6.45) is 6.70. The maximum Gasteiger partial charge on any atom is 0.178 e. The van der Waals surface area contributed by atoms with Crippen molar-refractivity contribution in [1.29, 1.82) is 0 Å². The number of rotatable bonds is 10. The fourth-order valence-electron chi connectivity index (χ4n) is 3.31. The molecule has 0 radical (unpaired) electrons. The molecule has 0 aliphatic rings. The number of hydrogen-bond acceptors (Lipinski definition) is 3. The van der Waals surface area contributed by atoms with Crippen molar-refractivity contribution in [2.45, 2.75) is 13.2 Å². The predicted octanol–water partition coefficient (Wildman–Crippen LogP) is 7.14. The lowest BCUT2D eigenvalue weighted by molar-refractivity contribution is -0.110. The average Bonchev–Trinajstić information content (AvgIpc) is 2.90. The second kappa shape index (κ2) is 12.0. The van der Waals surface area contributed by atoms with Gasteiger partial charge in [-0.1, -0.05) is 97.1 Å². The van der Waals surface area contributed by atoms with E-state index in [0.29, 0.717) is 13.2 Å². The Morgan fingerprint density at radius 3 is 1.44 bits per heavy atom. The molecule has 0 saturated carbocycles. The Labute approximate surface area is 200 Å². The predicted molar refractivity (Wildman–Crippen MR) is 138 cm³/mol. The van der Waals surface area contributed by atoms with E-state index in [1.165, 1.54) is 0 Å². The molecule has 0 atom stereocenters. The Kier molecular flexibility index (Phi) is 8.07. The molecule has 0 heterocycles. The fraction of sp³-hybridized carbons (Fsp3) is 0.0645. The first-order valence-corrected chi connectivity index (χ1v) is 11.2. The summed E-state index contributed by atoms with van der Waals surface area (Å²) in [6.45, 7) is 1.01. The Hall–Kier alpha value is -4.37. The molecular formula is C31H26O3. The standard InChI is InChI=1S/C31H26O3/c32-29(19-17-25-13-7-15-30(21-25)33-23-27-9-3-1-4-10-27)20-18-26-14-8-16-31(22-26)34-24-28-11-5-2-6-12-28/h1-22H,23-24H2/b19-17+,20-18+. The molecular weight excluding hydrogens is 420 g/mol. The van der Waals surface area contributed by atoms with E-state index in [2.05, 4.69) is 0 Å². The van der Waals surface area contributed by atoms with Gasteiger partial charge in [-0.3, -0.25) is 4.79 Å². The van der Waals surface area contributed by atoms with Crippen LogP contribution in [0.25, 0.3) is 12.2 Å². The van der Waals surface area contributed by atoms with Gasteiger partial charge in [-0.25, -0.2) is 0 Å². The van der Waals surface area contributed by atoms with Gasteiger partial charge in [0.25, 0.3) is 0 Å². The molecule has 0 bridgehead atoms. The molecule has 3 heteroatoms. The van der Waals surface area contributed by atoms with Crippen molar-refractivity contribution in [2.75, 3.05) is 0 Å². The van der Waals surface area contributed by atoms with E-state index in [4.69, 9.17) is 9.47 Å².